The molecule has 1 heterocycles. The summed E-state index contributed by atoms with van der Waals surface area (Å²) in [6.07, 6.45) is 0. The van der Waals surface area contributed by atoms with Crippen molar-refractivity contribution in [3.8, 4) is 0 Å². The average Bonchev–Trinajstić information content (AvgIpc) is 2.17. The van der Waals surface area contributed by atoms with Gasteiger partial charge in [0, 0.05) is 5.69 Å². The second-order valence-corrected chi connectivity index (χ2v) is 3.18. The van der Waals surface area contributed by atoms with Gasteiger partial charge in [0.2, 0.25) is 0 Å². The lowest BCUT2D eigenvalue weighted by atomic mass is 10.1. The first kappa shape index (κ1) is 8.26. The Morgan fingerprint density at radius 3 is 3.15 bits per heavy atom. The minimum absolute atomic E-state index is 0.0932. The number of amidine groups is 1. The maximum atomic E-state index is 8.93. The van der Waals surface area contributed by atoms with Crippen molar-refractivity contribution in [2.45, 2.75) is 20.1 Å². The van der Waals surface area contributed by atoms with E-state index in [1.165, 1.54) is 0 Å². The maximum absolute atomic E-state index is 8.93. The molecule has 68 valence electrons. The van der Waals surface area contributed by atoms with Crippen LogP contribution in [0.4, 0.5) is 5.69 Å². The van der Waals surface area contributed by atoms with Gasteiger partial charge in [-0.1, -0.05) is 6.07 Å². The fraction of sp³-hybridized carbons (Fsp3) is 0.300. The number of hydrogen-bond donors (Lipinski definition) is 2. The second-order valence-electron chi connectivity index (χ2n) is 3.18. The zero-order valence-electron chi connectivity index (χ0n) is 7.54. The monoisotopic (exact) mass is 176 g/mol. The molecule has 3 heteroatoms. The fourth-order valence-electron chi connectivity index (χ4n) is 1.44. The summed E-state index contributed by atoms with van der Waals surface area (Å²) in [6, 6.07) is 5.89. The highest BCUT2D eigenvalue weighted by molar-refractivity contribution is 5.95. The van der Waals surface area contributed by atoms with E-state index in [-0.39, 0.29) is 6.61 Å². The molecule has 2 N–H and O–H groups in total. The van der Waals surface area contributed by atoms with Gasteiger partial charge in [0.15, 0.2) is 0 Å². The molecule has 0 aromatic heterocycles. The zero-order valence-corrected chi connectivity index (χ0v) is 7.54. The first-order valence-corrected chi connectivity index (χ1v) is 4.30. The molecule has 13 heavy (non-hydrogen) atoms. The van der Waals surface area contributed by atoms with Crippen molar-refractivity contribution in [1.82, 2.24) is 0 Å². The van der Waals surface area contributed by atoms with Gasteiger partial charge in [-0.05, 0) is 30.2 Å². The number of hydrogen-bond acceptors (Lipinski definition) is 3. The number of aliphatic hydroxyl groups excluding tert-OH is 1. The van der Waals surface area contributed by atoms with E-state index in [0.717, 1.165) is 22.6 Å². The van der Waals surface area contributed by atoms with Crippen molar-refractivity contribution in [1.29, 1.82) is 0 Å². The summed E-state index contributed by atoms with van der Waals surface area (Å²) in [6.45, 7) is 2.75. The zero-order chi connectivity index (χ0) is 9.26. The van der Waals surface area contributed by atoms with E-state index in [1.54, 1.807) is 0 Å². The Morgan fingerprint density at radius 1 is 1.54 bits per heavy atom. The number of nitrogens with zero attached hydrogens (tertiary/aromatic N) is 1. The van der Waals surface area contributed by atoms with Gasteiger partial charge in [0.05, 0.1) is 19.0 Å². The van der Waals surface area contributed by atoms with E-state index in [1.807, 2.05) is 25.1 Å². The number of anilines is 1. The van der Waals surface area contributed by atoms with Gasteiger partial charge < -0.3 is 10.4 Å². The van der Waals surface area contributed by atoms with Crippen LogP contribution in [0.15, 0.2) is 23.2 Å². The van der Waals surface area contributed by atoms with Crippen molar-refractivity contribution in [3.05, 3.63) is 29.3 Å². The molecule has 0 saturated carbocycles. The predicted molar refractivity (Wildman–Crippen MR) is 52.8 cm³/mol. The van der Waals surface area contributed by atoms with Gasteiger partial charge in [-0.2, -0.15) is 0 Å². The third-order valence-corrected chi connectivity index (χ3v) is 2.15. The molecule has 0 fully saturated rings. The molecule has 1 aromatic rings. The first-order chi connectivity index (χ1) is 6.29. The molecule has 0 aliphatic carbocycles. The van der Waals surface area contributed by atoms with Crippen LogP contribution in [0.3, 0.4) is 0 Å². The van der Waals surface area contributed by atoms with Crippen molar-refractivity contribution in [2.75, 3.05) is 5.32 Å². The van der Waals surface area contributed by atoms with Gasteiger partial charge in [0.25, 0.3) is 0 Å². The van der Waals surface area contributed by atoms with Crippen LogP contribution in [0, 0.1) is 0 Å². The third kappa shape index (κ3) is 1.55. The van der Waals surface area contributed by atoms with Crippen LogP contribution in [0.25, 0.3) is 0 Å². The average molecular weight is 176 g/mol. The molecule has 0 saturated heterocycles. The Kier molecular flexibility index (Phi) is 2.02. The minimum Gasteiger partial charge on any atom is -0.392 e. The SMILES string of the molecule is CC1=NCc2cc(CO)ccc2N1. The van der Waals surface area contributed by atoms with Crippen molar-refractivity contribution < 1.29 is 5.11 Å². The standard InChI is InChI=1S/C10H12N2O/c1-7-11-5-9-4-8(6-13)2-3-10(9)12-7/h2-4,13H,5-6H2,1H3,(H,11,12). The lowest BCUT2D eigenvalue weighted by molar-refractivity contribution is 0.282. The highest BCUT2D eigenvalue weighted by atomic mass is 16.3. The van der Waals surface area contributed by atoms with E-state index in [2.05, 4.69) is 10.3 Å². The minimum atomic E-state index is 0.0932. The Balaban J connectivity index is 2.36. The molecule has 1 aliphatic rings. The quantitative estimate of drug-likeness (QED) is 0.681. The highest BCUT2D eigenvalue weighted by Crippen LogP contribution is 2.21. The van der Waals surface area contributed by atoms with Gasteiger partial charge in [-0.25, -0.2) is 0 Å². The topological polar surface area (TPSA) is 44.6 Å². The number of aliphatic imine (C=N–C) groups is 1. The molecular weight excluding hydrogens is 164 g/mol. The van der Waals surface area contributed by atoms with Gasteiger partial charge >= 0.3 is 0 Å². The van der Waals surface area contributed by atoms with Crippen LogP contribution in [0.5, 0.6) is 0 Å². The molecular formula is C10H12N2O. The summed E-state index contributed by atoms with van der Waals surface area (Å²) in [4.78, 5) is 4.27. The highest BCUT2D eigenvalue weighted by Gasteiger charge is 2.08. The molecule has 1 aromatic carbocycles. The van der Waals surface area contributed by atoms with Crippen LogP contribution in [0.2, 0.25) is 0 Å². The number of rotatable bonds is 1. The summed E-state index contributed by atoms with van der Waals surface area (Å²) >= 11 is 0. The second kappa shape index (κ2) is 3.18. The Bertz CT molecular complexity index is 358. The Labute approximate surface area is 77.1 Å². The van der Waals surface area contributed by atoms with Gasteiger partial charge in [-0.3, -0.25) is 4.99 Å². The Hall–Kier alpha value is -1.35. The maximum Gasteiger partial charge on any atom is 0.0979 e. The molecule has 0 atom stereocenters. The molecule has 3 nitrogen and oxygen atoms in total. The van der Waals surface area contributed by atoms with Crippen LogP contribution >= 0.6 is 0 Å². The summed E-state index contributed by atoms with van der Waals surface area (Å²) in [5, 5.41) is 12.1. The van der Waals surface area contributed by atoms with E-state index >= 15 is 0 Å². The molecule has 0 radical (unpaired) electrons. The molecule has 0 unspecified atom stereocenters. The summed E-state index contributed by atoms with van der Waals surface area (Å²) < 4.78 is 0. The lowest BCUT2D eigenvalue weighted by Gasteiger charge is -2.16. The Morgan fingerprint density at radius 2 is 2.38 bits per heavy atom. The molecule has 1 aliphatic heterocycles. The van der Waals surface area contributed by atoms with Crippen molar-refractivity contribution in [3.63, 3.8) is 0 Å². The van der Waals surface area contributed by atoms with E-state index in [4.69, 9.17) is 5.11 Å². The number of benzene rings is 1. The predicted octanol–water partition coefficient (Wildman–Crippen LogP) is 1.52. The van der Waals surface area contributed by atoms with Gasteiger partial charge in [0.1, 0.15) is 0 Å². The number of aliphatic hydroxyl groups is 1. The summed E-state index contributed by atoms with van der Waals surface area (Å²) in [7, 11) is 0. The van der Waals surface area contributed by atoms with Crippen LogP contribution in [-0.2, 0) is 13.2 Å². The van der Waals surface area contributed by atoms with Crippen molar-refractivity contribution >= 4 is 11.5 Å². The normalized spacial score (nSPS) is 14.5. The molecule has 0 amide bonds. The summed E-state index contributed by atoms with van der Waals surface area (Å²) in [5.41, 5.74) is 3.19. The van der Waals surface area contributed by atoms with E-state index in [0.29, 0.717) is 6.54 Å². The van der Waals surface area contributed by atoms with Crippen molar-refractivity contribution in [2.24, 2.45) is 4.99 Å². The lowest BCUT2D eigenvalue weighted by Crippen LogP contribution is -2.14. The van der Waals surface area contributed by atoms with Crippen LogP contribution in [0.1, 0.15) is 18.1 Å². The van der Waals surface area contributed by atoms with Crippen LogP contribution < -0.4 is 5.32 Å². The van der Waals surface area contributed by atoms with Crippen LogP contribution in [-0.4, -0.2) is 10.9 Å². The van der Waals surface area contributed by atoms with Gasteiger partial charge in [-0.15, -0.1) is 0 Å². The van der Waals surface area contributed by atoms with E-state index in [9.17, 15) is 0 Å². The smallest absolute Gasteiger partial charge is 0.0979 e. The number of nitrogens with one attached hydrogen (secondary N) is 1. The number of fused-ring (bicyclic) bond motifs is 1. The summed E-state index contributed by atoms with van der Waals surface area (Å²) in [5.74, 6) is 0.948. The third-order valence-electron chi connectivity index (χ3n) is 2.15. The first-order valence-electron chi connectivity index (χ1n) is 4.30. The van der Waals surface area contributed by atoms with E-state index < -0.39 is 0 Å². The molecule has 2 rings (SSSR count). The fourth-order valence-corrected chi connectivity index (χ4v) is 1.44. The molecule has 0 spiro atoms. The largest absolute Gasteiger partial charge is 0.392 e. The molecule has 0 bridgehead atoms.